The number of ether oxygens (including phenoxy) is 1. The van der Waals surface area contributed by atoms with Gasteiger partial charge >= 0.3 is 12.0 Å². The molecule has 1 unspecified atom stereocenters. The van der Waals surface area contributed by atoms with Gasteiger partial charge < -0.3 is 20.5 Å². The topological polar surface area (TPSA) is 90.9 Å². The first kappa shape index (κ1) is 20.0. The lowest BCUT2D eigenvalue weighted by atomic mass is 9.85. The van der Waals surface area contributed by atoms with Crippen molar-refractivity contribution in [3.63, 3.8) is 0 Å². The molecule has 3 N–H and O–H groups in total. The van der Waals surface area contributed by atoms with Crippen LogP contribution in [0.5, 0.6) is 5.75 Å². The molecule has 0 aliphatic heterocycles. The highest BCUT2D eigenvalue weighted by atomic mass is 16.5. The highest BCUT2D eigenvalue weighted by molar-refractivity contribution is 5.75. The number of carboxylic acids is 1. The summed E-state index contributed by atoms with van der Waals surface area (Å²) in [5, 5.41) is 14.9. The van der Waals surface area contributed by atoms with Gasteiger partial charge in [0.15, 0.2) is 0 Å². The Morgan fingerprint density at radius 1 is 1.27 bits per heavy atom. The van der Waals surface area contributed by atoms with Crippen LogP contribution in [-0.4, -0.2) is 54.3 Å². The summed E-state index contributed by atoms with van der Waals surface area (Å²) in [5.74, 6) is -0.0262. The zero-order chi connectivity index (χ0) is 19.1. The Balaban J connectivity index is 1.80. The van der Waals surface area contributed by atoms with E-state index in [1.807, 2.05) is 43.0 Å². The fraction of sp³-hybridized carbons (Fsp3) is 0.579. The predicted octanol–water partition coefficient (Wildman–Crippen LogP) is 2.38. The molecule has 7 heteroatoms. The maximum atomic E-state index is 12.3. The molecule has 1 saturated carbocycles. The molecule has 2 amide bonds. The van der Waals surface area contributed by atoms with Crippen molar-refractivity contribution in [3.8, 4) is 5.75 Å². The monoisotopic (exact) mass is 363 g/mol. The first-order chi connectivity index (χ1) is 12.5. The number of likely N-dealkylation sites (N-methyl/N-ethyl adjacent to an activating group) is 1. The number of hydrogen-bond donors (Lipinski definition) is 3. The molecule has 0 saturated heterocycles. The van der Waals surface area contributed by atoms with E-state index in [1.54, 1.807) is 7.11 Å². The zero-order valence-corrected chi connectivity index (χ0v) is 15.7. The van der Waals surface area contributed by atoms with Crippen molar-refractivity contribution in [3.05, 3.63) is 29.8 Å². The van der Waals surface area contributed by atoms with Gasteiger partial charge in [-0.25, -0.2) is 4.79 Å². The molecular weight excluding hydrogens is 334 g/mol. The quantitative estimate of drug-likeness (QED) is 0.627. The molecule has 1 aliphatic rings. The number of urea groups is 1. The summed E-state index contributed by atoms with van der Waals surface area (Å²) in [5.41, 5.74) is 1.04. The number of nitrogens with one attached hydrogen (secondary N) is 2. The molecule has 1 atom stereocenters. The van der Waals surface area contributed by atoms with Crippen molar-refractivity contribution in [2.75, 3.05) is 20.2 Å². The van der Waals surface area contributed by atoms with Crippen LogP contribution in [0, 0.1) is 0 Å². The number of methoxy groups -OCH3 is 1. The number of carboxylic acid groups (broad SMARTS) is 1. The Bertz CT molecular complexity index is 599. The van der Waals surface area contributed by atoms with Crippen molar-refractivity contribution in [2.45, 2.75) is 51.2 Å². The molecule has 0 bridgehead atoms. The molecule has 0 spiro atoms. The first-order valence-corrected chi connectivity index (χ1v) is 9.13. The summed E-state index contributed by atoms with van der Waals surface area (Å²) in [6.07, 6.45) is 2.36. The second-order valence-corrected chi connectivity index (χ2v) is 6.63. The predicted molar refractivity (Wildman–Crippen MR) is 99.4 cm³/mol. The van der Waals surface area contributed by atoms with Gasteiger partial charge in [-0.2, -0.15) is 0 Å². The van der Waals surface area contributed by atoms with Crippen LogP contribution < -0.4 is 15.4 Å². The molecule has 0 radical (unpaired) electrons. The van der Waals surface area contributed by atoms with E-state index in [0.717, 1.165) is 30.6 Å². The van der Waals surface area contributed by atoms with Gasteiger partial charge in [0, 0.05) is 12.1 Å². The minimum atomic E-state index is -0.814. The summed E-state index contributed by atoms with van der Waals surface area (Å²) in [6, 6.07) is 7.76. The van der Waals surface area contributed by atoms with Gasteiger partial charge in [-0.3, -0.25) is 9.69 Å². The number of carbonyl (C=O) groups excluding carboxylic acids is 1. The largest absolute Gasteiger partial charge is 0.497 e. The van der Waals surface area contributed by atoms with Crippen molar-refractivity contribution in [2.24, 2.45) is 0 Å². The summed E-state index contributed by atoms with van der Waals surface area (Å²) in [6.45, 7) is 4.73. The highest BCUT2D eigenvalue weighted by Gasteiger charge is 2.34. The molecule has 2 rings (SSSR count). The number of nitrogens with zero attached hydrogens (tertiary/aromatic N) is 1. The van der Waals surface area contributed by atoms with E-state index in [0.29, 0.717) is 6.54 Å². The number of benzene rings is 1. The van der Waals surface area contributed by atoms with Crippen LogP contribution in [0.1, 0.15) is 44.7 Å². The minimum Gasteiger partial charge on any atom is -0.497 e. The lowest BCUT2D eigenvalue weighted by Gasteiger charge is -2.42. The van der Waals surface area contributed by atoms with E-state index >= 15 is 0 Å². The van der Waals surface area contributed by atoms with Crippen LogP contribution in [-0.2, 0) is 4.79 Å². The lowest BCUT2D eigenvalue weighted by molar-refractivity contribution is -0.139. The van der Waals surface area contributed by atoms with Crippen LogP contribution in [0.2, 0.25) is 0 Å². The molecule has 1 fully saturated rings. The molecule has 26 heavy (non-hydrogen) atoms. The third kappa shape index (κ3) is 5.36. The van der Waals surface area contributed by atoms with Crippen LogP contribution in [0.15, 0.2) is 24.3 Å². The van der Waals surface area contributed by atoms with Gasteiger partial charge in [-0.1, -0.05) is 26.0 Å². The van der Waals surface area contributed by atoms with Crippen LogP contribution in [0.4, 0.5) is 4.79 Å². The van der Waals surface area contributed by atoms with Gasteiger partial charge in [0.05, 0.1) is 19.7 Å². The van der Waals surface area contributed by atoms with E-state index in [2.05, 4.69) is 10.6 Å². The summed E-state index contributed by atoms with van der Waals surface area (Å²) in [4.78, 5) is 25.1. The zero-order valence-electron chi connectivity index (χ0n) is 15.7. The number of carbonyl (C=O) groups is 2. The van der Waals surface area contributed by atoms with E-state index in [1.165, 1.54) is 0 Å². The van der Waals surface area contributed by atoms with Crippen molar-refractivity contribution in [1.29, 1.82) is 0 Å². The van der Waals surface area contributed by atoms with Crippen LogP contribution in [0.25, 0.3) is 0 Å². The Morgan fingerprint density at radius 2 is 1.92 bits per heavy atom. The molecule has 0 aromatic heterocycles. The molecule has 1 aliphatic carbocycles. The normalized spacial score (nSPS) is 20.2. The number of rotatable bonds is 9. The fourth-order valence-corrected chi connectivity index (χ4v) is 3.32. The molecule has 0 heterocycles. The van der Waals surface area contributed by atoms with Gasteiger partial charge in [-0.05, 0) is 43.5 Å². The van der Waals surface area contributed by atoms with E-state index in [4.69, 9.17) is 9.84 Å². The van der Waals surface area contributed by atoms with Crippen molar-refractivity contribution in [1.82, 2.24) is 15.5 Å². The summed E-state index contributed by atoms with van der Waals surface area (Å²) >= 11 is 0. The maximum Gasteiger partial charge on any atom is 0.317 e. The minimum absolute atomic E-state index is 0.0511. The van der Waals surface area contributed by atoms with Crippen molar-refractivity contribution >= 4 is 12.0 Å². The Morgan fingerprint density at radius 3 is 2.42 bits per heavy atom. The SMILES string of the molecule is CCC(NC(=O)NC1CC(N(CC)CC(=O)O)C1)c1ccc(OC)cc1. The lowest BCUT2D eigenvalue weighted by Crippen LogP contribution is -2.56. The van der Waals surface area contributed by atoms with Crippen molar-refractivity contribution < 1.29 is 19.4 Å². The van der Waals surface area contributed by atoms with E-state index in [-0.39, 0.29) is 30.7 Å². The van der Waals surface area contributed by atoms with Gasteiger partial charge in [0.1, 0.15) is 5.75 Å². The molecule has 1 aromatic rings. The maximum absolute atomic E-state index is 12.3. The molecule has 7 nitrogen and oxygen atoms in total. The third-order valence-corrected chi connectivity index (χ3v) is 4.94. The average molecular weight is 363 g/mol. The summed E-state index contributed by atoms with van der Waals surface area (Å²) < 4.78 is 5.16. The number of amides is 2. The van der Waals surface area contributed by atoms with Gasteiger partial charge in [0.25, 0.3) is 0 Å². The Labute approximate surface area is 154 Å². The number of aliphatic carboxylic acids is 1. The van der Waals surface area contributed by atoms with Gasteiger partial charge in [0.2, 0.25) is 0 Å². The van der Waals surface area contributed by atoms with Crippen LogP contribution in [0.3, 0.4) is 0 Å². The molecular formula is C19H29N3O4. The first-order valence-electron chi connectivity index (χ1n) is 9.13. The van der Waals surface area contributed by atoms with E-state index < -0.39 is 5.97 Å². The third-order valence-electron chi connectivity index (χ3n) is 4.94. The second kappa shape index (κ2) is 9.43. The fourth-order valence-electron chi connectivity index (χ4n) is 3.32. The van der Waals surface area contributed by atoms with Gasteiger partial charge in [-0.15, -0.1) is 0 Å². The highest BCUT2D eigenvalue weighted by Crippen LogP contribution is 2.26. The Hall–Kier alpha value is -2.28. The molecule has 144 valence electrons. The number of hydrogen-bond acceptors (Lipinski definition) is 4. The smallest absolute Gasteiger partial charge is 0.317 e. The average Bonchev–Trinajstić information content (AvgIpc) is 2.60. The Kier molecular flexibility index (Phi) is 7.26. The second-order valence-electron chi connectivity index (χ2n) is 6.63. The standard InChI is InChI=1S/C19H29N3O4/c1-4-17(13-6-8-16(26-3)9-7-13)21-19(25)20-14-10-15(11-14)22(5-2)12-18(23)24/h6-9,14-15,17H,4-5,10-12H2,1-3H3,(H,23,24)(H2,20,21,25). The van der Waals surface area contributed by atoms with E-state index in [9.17, 15) is 9.59 Å². The summed E-state index contributed by atoms with van der Waals surface area (Å²) in [7, 11) is 1.63. The van der Waals surface area contributed by atoms with Crippen LogP contribution >= 0.6 is 0 Å². The molecule has 1 aromatic carbocycles.